The lowest BCUT2D eigenvalue weighted by Gasteiger charge is -2.11. The fourth-order valence-electron chi connectivity index (χ4n) is 2.09. The first-order valence-corrected chi connectivity index (χ1v) is 7.61. The highest BCUT2D eigenvalue weighted by Gasteiger charge is 2.16. The first kappa shape index (κ1) is 16.9. The highest BCUT2D eigenvalue weighted by molar-refractivity contribution is 5.99. The highest BCUT2D eigenvalue weighted by atomic mass is 16.5. The van der Waals surface area contributed by atoms with E-state index in [4.69, 9.17) is 4.74 Å². The third-order valence-electron chi connectivity index (χ3n) is 3.30. The zero-order chi connectivity index (χ0) is 18.4. The van der Waals surface area contributed by atoms with Gasteiger partial charge in [0.25, 0.3) is 11.8 Å². The number of carbonyl (C=O) groups excluding carboxylic acids is 2. The van der Waals surface area contributed by atoms with Crippen molar-refractivity contribution < 1.29 is 19.1 Å². The number of rotatable bonds is 4. The summed E-state index contributed by atoms with van der Waals surface area (Å²) < 4.78 is 6.10. The molecule has 2 N–H and O–H groups in total. The second kappa shape index (κ2) is 7.75. The van der Waals surface area contributed by atoms with Crippen LogP contribution in [0.4, 0.5) is 0 Å². The average molecular weight is 350 g/mol. The van der Waals surface area contributed by atoms with Gasteiger partial charge >= 0.3 is 0 Å². The van der Waals surface area contributed by atoms with Crippen LogP contribution < -0.4 is 20.3 Å². The topological polar surface area (TPSA) is 107 Å². The fraction of sp³-hybridized carbons (Fsp3) is 0. The van der Waals surface area contributed by atoms with Gasteiger partial charge in [-0.05, 0) is 30.3 Å². The van der Waals surface area contributed by atoms with Crippen LogP contribution in [0, 0.1) is 5.21 Å². The second-order valence-corrected chi connectivity index (χ2v) is 5.13. The van der Waals surface area contributed by atoms with E-state index in [1.54, 1.807) is 30.3 Å². The lowest BCUT2D eigenvalue weighted by Crippen LogP contribution is -2.42. The number of aromatic nitrogens is 2. The number of ether oxygens (including phenoxy) is 1. The van der Waals surface area contributed by atoms with E-state index in [9.17, 15) is 14.8 Å². The Balaban J connectivity index is 1.69. The maximum atomic E-state index is 12.3. The summed E-state index contributed by atoms with van der Waals surface area (Å²) in [6.07, 6.45) is 3.83. The van der Waals surface area contributed by atoms with Crippen LogP contribution in [0.25, 0.3) is 0 Å². The normalized spacial score (nSPS) is 10.0. The van der Waals surface area contributed by atoms with Gasteiger partial charge in [0.15, 0.2) is 12.4 Å². The van der Waals surface area contributed by atoms with E-state index in [1.807, 2.05) is 6.07 Å². The van der Waals surface area contributed by atoms with Crippen molar-refractivity contribution in [1.82, 2.24) is 15.8 Å². The summed E-state index contributed by atoms with van der Waals surface area (Å²) in [6.45, 7) is 0. The standard InChI is InChI=1S/C18H14N4O4/c23-16(13-6-5-11-22(25)12-13)20-21-17(24)15-9-4-10-19-18(15)26-14-7-2-1-3-8-14/h1-12H,(H,20,23)(H,21,24). The minimum Gasteiger partial charge on any atom is -0.619 e. The highest BCUT2D eigenvalue weighted by Crippen LogP contribution is 2.22. The molecule has 0 atom stereocenters. The number of benzene rings is 1. The Morgan fingerprint density at radius 1 is 0.962 bits per heavy atom. The second-order valence-electron chi connectivity index (χ2n) is 5.13. The van der Waals surface area contributed by atoms with Crippen molar-refractivity contribution in [3.63, 3.8) is 0 Å². The van der Waals surface area contributed by atoms with Crippen LogP contribution >= 0.6 is 0 Å². The van der Waals surface area contributed by atoms with Gasteiger partial charge in [-0.15, -0.1) is 0 Å². The molecular weight excluding hydrogens is 336 g/mol. The van der Waals surface area contributed by atoms with Gasteiger partial charge in [0.05, 0.1) is 0 Å². The summed E-state index contributed by atoms with van der Waals surface area (Å²) in [7, 11) is 0. The molecule has 8 nitrogen and oxygen atoms in total. The first-order chi connectivity index (χ1) is 12.6. The molecule has 0 radical (unpaired) electrons. The molecule has 0 bridgehead atoms. The summed E-state index contributed by atoms with van der Waals surface area (Å²) in [4.78, 5) is 28.4. The molecule has 3 aromatic rings. The Hall–Kier alpha value is -3.94. The molecule has 2 aromatic heterocycles. The minimum atomic E-state index is -0.627. The number of hydrogen-bond acceptors (Lipinski definition) is 5. The van der Waals surface area contributed by atoms with E-state index in [1.165, 1.54) is 30.6 Å². The molecule has 1 aromatic carbocycles. The van der Waals surface area contributed by atoms with Crippen molar-refractivity contribution in [2.75, 3.05) is 0 Å². The molecule has 0 saturated heterocycles. The summed E-state index contributed by atoms with van der Waals surface area (Å²) in [5.74, 6) is -0.614. The van der Waals surface area contributed by atoms with Gasteiger partial charge < -0.3 is 9.94 Å². The molecule has 0 unspecified atom stereocenters. The number of hydrazine groups is 1. The van der Waals surface area contributed by atoms with Gasteiger partial charge in [-0.2, -0.15) is 4.73 Å². The van der Waals surface area contributed by atoms with E-state index < -0.39 is 11.8 Å². The zero-order valence-electron chi connectivity index (χ0n) is 13.5. The molecule has 0 saturated carbocycles. The van der Waals surface area contributed by atoms with Crippen LogP contribution in [-0.2, 0) is 0 Å². The number of para-hydroxylation sites is 1. The van der Waals surface area contributed by atoms with Crippen molar-refractivity contribution in [2.45, 2.75) is 0 Å². The van der Waals surface area contributed by atoms with Crippen LogP contribution in [0.1, 0.15) is 20.7 Å². The molecule has 0 fully saturated rings. The van der Waals surface area contributed by atoms with Crippen LogP contribution in [0.3, 0.4) is 0 Å². The molecule has 2 amide bonds. The Morgan fingerprint density at radius 2 is 1.73 bits per heavy atom. The van der Waals surface area contributed by atoms with Crippen molar-refractivity contribution in [2.24, 2.45) is 0 Å². The van der Waals surface area contributed by atoms with Gasteiger partial charge in [0, 0.05) is 12.3 Å². The predicted octanol–water partition coefficient (Wildman–Crippen LogP) is 1.58. The number of nitrogens with zero attached hydrogens (tertiary/aromatic N) is 2. The van der Waals surface area contributed by atoms with Gasteiger partial charge in [-0.1, -0.05) is 18.2 Å². The molecular formula is C18H14N4O4. The Kier molecular flexibility index (Phi) is 5.04. The fourth-order valence-corrected chi connectivity index (χ4v) is 2.09. The van der Waals surface area contributed by atoms with E-state index in [0.717, 1.165) is 6.20 Å². The summed E-state index contributed by atoms with van der Waals surface area (Å²) >= 11 is 0. The number of amides is 2. The van der Waals surface area contributed by atoms with E-state index in [0.29, 0.717) is 10.5 Å². The van der Waals surface area contributed by atoms with Crippen molar-refractivity contribution in [3.8, 4) is 11.6 Å². The van der Waals surface area contributed by atoms with Gasteiger partial charge in [0.1, 0.15) is 16.9 Å². The van der Waals surface area contributed by atoms with Crippen LogP contribution in [0.15, 0.2) is 73.2 Å². The minimum absolute atomic E-state index is 0.0996. The number of carbonyl (C=O) groups is 2. The molecule has 8 heteroatoms. The molecule has 0 aliphatic heterocycles. The number of pyridine rings is 2. The largest absolute Gasteiger partial charge is 0.619 e. The van der Waals surface area contributed by atoms with Crippen LogP contribution in [0.2, 0.25) is 0 Å². The quantitative estimate of drug-likeness (QED) is 0.422. The smallest absolute Gasteiger partial charge is 0.275 e. The van der Waals surface area contributed by atoms with E-state index in [-0.39, 0.29) is 17.0 Å². The predicted molar refractivity (Wildman–Crippen MR) is 91.1 cm³/mol. The zero-order valence-corrected chi connectivity index (χ0v) is 13.5. The maximum Gasteiger partial charge on any atom is 0.275 e. The Labute approximate surface area is 148 Å². The average Bonchev–Trinajstić information content (AvgIpc) is 2.67. The SMILES string of the molecule is O=C(NNC(=O)c1cccnc1Oc1ccccc1)c1ccc[n+]([O-])c1. The molecule has 0 aliphatic rings. The number of hydrogen-bond donors (Lipinski definition) is 2. The molecule has 2 heterocycles. The summed E-state index contributed by atoms with van der Waals surface area (Å²) in [5, 5.41) is 11.2. The van der Waals surface area contributed by atoms with E-state index in [2.05, 4.69) is 15.8 Å². The third-order valence-corrected chi connectivity index (χ3v) is 3.30. The van der Waals surface area contributed by atoms with Crippen molar-refractivity contribution >= 4 is 11.8 Å². The maximum absolute atomic E-state index is 12.3. The molecule has 130 valence electrons. The Morgan fingerprint density at radius 3 is 2.50 bits per heavy atom. The summed E-state index contributed by atoms with van der Waals surface area (Å²) in [6, 6.07) is 14.8. The third kappa shape index (κ3) is 4.12. The molecule has 26 heavy (non-hydrogen) atoms. The lowest BCUT2D eigenvalue weighted by molar-refractivity contribution is -0.605. The van der Waals surface area contributed by atoms with Crippen molar-refractivity contribution in [1.29, 1.82) is 0 Å². The van der Waals surface area contributed by atoms with Crippen LogP contribution in [-0.4, -0.2) is 16.8 Å². The molecule has 0 spiro atoms. The molecule has 3 rings (SSSR count). The summed E-state index contributed by atoms with van der Waals surface area (Å²) in [5.41, 5.74) is 4.76. The van der Waals surface area contributed by atoms with Gasteiger partial charge in [-0.25, -0.2) is 4.98 Å². The lowest BCUT2D eigenvalue weighted by atomic mass is 10.2. The Bertz CT molecular complexity index is 931. The van der Waals surface area contributed by atoms with Crippen LogP contribution in [0.5, 0.6) is 11.6 Å². The monoisotopic (exact) mass is 350 g/mol. The molecule has 0 aliphatic carbocycles. The van der Waals surface area contributed by atoms with Crippen molar-refractivity contribution in [3.05, 3.63) is 89.5 Å². The van der Waals surface area contributed by atoms with E-state index >= 15 is 0 Å². The number of nitrogens with one attached hydrogen (secondary N) is 2. The van der Waals surface area contributed by atoms with Gasteiger partial charge in [-0.3, -0.25) is 20.4 Å². The van der Waals surface area contributed by atoms with Gasteiger partial charge in [0.2, 0.25) is 5.88 Å². The first-order valence-electron chi connectivity index (χ1n) is 7.61.